The Morgan fingerprint density at radius 3 is 1.14 bits per heavy atom. The van der Waals surface area contributed by atoms with Crippen molar-refractivity contribution in [2.75, 3.05) is 28.2 Å². The molecule has 3 atom stereocenters. The number of benzene rings is 5. The number of hydrogen-bond donors (Lipinski definition) is 3. The number of ketones is 2. The van der Waals surface area contributed by atoms with E-state index in [-0.39, 0.29) is 56.2 Å². The van der Waals surface area contributed by atoms with Gasteiger partial charge in [0.25, 0.3) is 11.6 Å². The zero-order chi connectivity index (χ0) is 49.7. The van der Waals surface area contributed by atoms with Gasteiger partial charge in [-0.1, -0.05) is 135 Å². The Morgan fingerprint density at radius 1 is 0.580 bits per heavy atom. The molecule has 15 heteroatoms. The first-order valence-corrected chi connectivity index (χ1v) is 22.5. The van der Waals surface area contributed by atoms with E-state index < -0.39 is 46.1 Å². The van der Waals surface area contributed by atoms with Crippen molar-refractivity contribution in [3.63, 3.8) is 0 Å². The normalized spacial score (nSPS) is 12.2. The lowest BCUT2D eigenvalue weighted by Gasteiger charge is -2.37. The van der Waals surface area contributed by atoms with E-state index in [0.29, 0.717) is 24.9 Å². The Morgan fingerprint density at radius 2 is 0.899 bits per heavy atom. The number of carbonyl (C=O) groups excluding carboxylic acids is 3. The quantitative estimate of drug-likeness (QED) is 0.0470. The summed E-state index contributed by atoms with van der Waals surface area (Å²) in [6.07, 6.45) is 1.95. The summed E-state index contributed by atoms with van der Waals surface area (Å²) in [5.74, 6) is -2.72. The molecule has 5 rings (SSSR count). The summed E-state index contributed by atoms with van der Waals surface area (Å²) in [6, 6.07) is 44.7. The number of nitrogens with zero attached hydrogens (tertiary/aromatic N) is 3. The second kappa shape index (κ2) is 29.7. The number of aliphatic carboxylic acids is 2. The molecule has 0 heterocycles. The Kier molecular flexibility index (Phi) is 26.2. The van der Waals surface area contributed by atoms with Gasteiger partial charge in [-0.2, -0.15) is 27.0 Å². The molecule has 0 saturated heterocycles. The van der Waals surface area contributed by atoms with Crippen LogP contribution in [0.2, 0.25) is 0 Å². The minimum atomic E-state index is -1.36. The molecule has 0 aliphatic carbocycles. The predicted molar refractivity (Wildman–Crippen MR) is 283 cm³/mol. The third kappa shape index (κ3) is 16.8. The number of amides is 1. The number of non-ortho nitro benzene ring substituents is 1. The van der Waals surface area contributed by atoms with E-state index in [1.807, 2.05) is 86.6 Å². The van der Waals surface area contributed by atoms with E-state index >= 15 is 0 Å². The van der Waals surface area contributed by atoms with E-state index in [1.54, 1.807) is 0 Å². The lowest BCUT2D eigenvalue weighted by molar-refractivity contribution is -0.384. The van der Waals surface area contributed by atoms with Crippen LogP contribution in [0.4, 0.5) is 5.69 Å². The molecule has 0 spiro atoms. The Hall–Kier alpha value is -6.13. The van der Waals surface area contributed by atoms with E-state index in [0.717, 1.165) is 47.2 Å². The average molecular weight is 983 g/mol. The zero-order valence-corrected chi connectivity index (χ0v) is 42.9. The van der Waals surface area contributed by atoms with Crippen molar-refractivity contribution in [3.8, 4) is 0 Å². The molecule has 0 aliphatic rings. The maximum Gasteiger partial charge on any atom is 0.326 e. The predicted octanol–water partition coefficient (Wildman–Crippen LogP) is 9.45. The van der Waals surface area contributed by atoms with Crippen LogP contribution < -0.4 is 5.32 Å². The molecule has 5 aromatic rings. The van der Waals surface area contributed by atoms with Crippen LogP contribution in [0.5, 0.6) is 0 Å². The molecule has 372 valence electrons. The van der Waals surface area contributed by atoms with Gasteiger partial charge < -0.3 is 25.3 Å². The fourth-order valence-electron chi connectivity index (χ4n) is 7.92. The van der Waals surface area contributed by atoms with E-state index in [2.05, 4.69) is 106 Å². The summed E-state index contributed by atoms with van der Waals surface area (Å²) in [7, 11) is 8.29. The molecule has 1 amide bonds. The number of carbonyl (C=O) groups is 5. The number of carboxylic acid groups (broad SMARTS) is 2. The highest BCUT2D eigenvalue weighted by molar-refractivity contribution is 7.59. The largest absolute Gasteiger partial charge is 0.481 e. The van der Waals surface area contributed by atoms with Gasteiger partial charge in [-0.25, -0.2) is 4.79 Å². The summed E-state index contributed by atoms with van der Waals surface area (Å²) in [5, 5.41) is 30.0. The van der Waals surface area contributed by atoms with Gasteiger partial charge in [-0.3, -0.25) is 29.3 Å². The van der Waals surface area contributed by atoms with Gasteiger partial charge in [0, 0.05) is 49.0 Å². The lowest BCUT2D eigenvalue weighted by atomic mass is 9.67. The topological polar surface area (TPSA) is 187 Å². The highest BCUT2D eigenvalue weighted by Crippen LogP contribution is 2.41. The summed E-state index contributed by atoms with van der Waals surface area (Å²) < 4.78 is 0. The van der Waals surface area contributed by atoms with Crippen LogP contribution in [-0.2, 0) is 30.0 Å². The van der Waals surface area contributed by atoms with Crippen molar-refractivity contribution in [3.05, 3.63) is 184 Å². The van der Waals surface area contributed by atoms with E-state index in [4.69, 9.17) is 10.2 Å². The Bertz CT molecular complexity index is 2160. The lowest BCUT2D eigenvalue weighted by Crippen LogP contribution is -2.42. The fourth-order valence-corrected chi connectivity index (χ4v) is 7.92. The number of Topliss-reactive ketones (excluding diaryl/α,β-unsaturated/α-hetero) is 2. The van der Waals surface area contributed by atoms with Crippen molar-refractivity contribution in [1.82, 2.24) is 15.1 Å². The van der Waals surface area contributed by atoms with Crippen LogP contribution in [-0.4, -0.2) is 101 Å². The molecule has 5 aromatic carbocycles. The molecule has 0 saturated carbocycles. The fraction of sp³-hybridized carbons (Fsp3) is 0.352. The molecular formula is C54H70N4O9S2. The number of hydrogen-bond acceptors (Lipinski definition) is 9. The number of rotatable bonds is 21. The van der Waals surface area contributed by atoms with E-state index in [9.17, 15) is 34.1 Å². The molecule has 0 fully saturated rings. The number of nitro benzene ring substituents is 1. The minimum Gasteiger partial charge on any atom is -0.481 e. The van der Waals surface area contributed by atoms with Gasteiger partial charge in [-0.15, -0.1) is 0 Å². The highest BCUT2D eigenvalue weighted by Gasteiger charge is 2.43. The van der Waals surface area contributed by atoms with Crippen LogP contribution in [0.1, 0.15) is 98.8 Å². The molecule has 0 unspecified atom stereocenters. The van der Waals surface area contributed by atoms with Crippen molar-refractivity contribution in [2.45, 2.75) is 95.2 Å². The minimum absolute atomic E-state index is 0. The Labute approximate surface area is 421 Å². The highest BCUT2D eigenvalue weighted by atomic mass is 32.1. The molecule has 0 aromatic heterocycles. The van der Waals surface area contributed by atoms with Gasteiger partial charge in [0.2, 0.25) is 0 Å². The maximum absolute atomic E-state index is 13.2. The third-order valence-electron chi connectivity index (χ3n) is 12.2. The van der Waals surface area contributed by atoms with Crippen LogP contribution in [0.25, 0.3) is 0 Å². The second-order valence-corrected chi connectivity index (χ2v) is 17.0. The first-order chi connectivity index (χ1) is 31.8. The van der Waals surface area contributed by atoms with Crippen LogP contribution in [0, 0.1) is 10.1 Å². The smallest absolute Gasteiger partial charge is 0.326 e. The first kappa shape index (κ1) is 60.9. The number of carboxylic acids is 2. The van der Waals surface area contributed by atoms with Gasteiger partial charge in [-0.05, 0) is 95.7 Å². The second-order valence-electron chi connectivity index (χ2n) is 17.0. The van der Waals surface area contributed by atoms with Gasteiger partial charge in [0.15, 0.2) is 0 Å². The van der Waals surface area contributed by atoms with Gasteiger partial charge >= 0.3 is 11.9 Å². The molecule has 0 radical (unpaired) electrons. The van der Waals surface area contributed by atoms with Gasteiger partial charge in [0.05, 0.1) is 15.8 Å². The standard InChI is InChI=1S/2C21H27NO.C12H12N2O7.2H2S/c2*1-5-20(23)21(16-17(2)22(3)4,18-12-8-6-9-13-18)19-14-10-7-11-15-19;15-10(16)6-5-9(12(18)19)13-11(17)7-1-3-8(4-2-7)14(20)21;;/h2*6-15,17H,5,16H2,1-4H3;1-4,9H,5-6H2,(H,13,17)(H,15,16)(H,18,19);2*1H2/t2*17-;9-;;/m000../s1. The summed E-state index contributed by atoms with van der Waals surface area (Å²) in [5.41, 5.74) is 3.04. The zero-order valence-electron chi connectivity index (χ0n) is 40.9. The number of nitrogens with one attached hydrogen (secondary N) is 1. The SMILES string of the molecule is CCC(=O)C(C[C@H](C)N(C)C)(c1ccccc1)c1ccccc1.CCC(=O)C(C[C@H](C)N(C)C)(c1ccccc1)c1ccccc1.O=C(O)CC[C@H](NC(=O)c1ccc([N+](=O)[O-])cc1)C(=O)O.S.S. The van der Waals surface area contributed by atoms with Crippen molar-refractivity contribution < 1.29 is 39.1 Å². The van der Waals surface area contributed by atoms with Crippen LogP contribution >= 0.6 is 27.0 Å². The molecule has 0 aliphatic heterocycles. The van der Waals surface area contributed by atoms with Crippen molar-refractivity contribution in [1.29, 1.82) is 0 Å². The molecule has 13 nitrogen and oxygen atoms in total. The van der Waals surface area contributed by atoms with Crippen LogP contribution in [0.15, 0.2) is 146 Å². The maximum atomic E-state index is 13.2. The molecular weight excluding hydrogens is 913 g/mol. The van der Waals surface area contributed by atoms with E-state index in [1.165, 1.54) is 12.1 Å². The first-order valence-electron chi connectivity index (χ1n) is 22.5. The van der Waals surface area contributed by atoms with Crippen LogP contribution in [0.3, 0.4) is 0 Å². The van der Waals surface area contributed by atoms with Gasteiger partial charge in [0.1, 0.15) is 17.6 Å². The summed E-state index contributed by atoms with van der Waals surface area (Å²) in [6.45, 7) is 8.29. The third-order valence-corrected chi connectivity index (χ3v) is 12.2. The average Bonchev–Trinajstić information content (AvgIpc) is 3.34. The van der Waals surface area contributed by atoms with Crippen molar-refractivity contribution in [2.24, 2.45) is 0 Å². The molecule has 3 N–H and O–H groups in total. The molecule has 69 heavy (non-hydrogen) atoms. The monoisotopic (exact) mass is 982 g/mol. The number of nitro groups is 1. The molecule has 0 bridgehead atoms. The summed E-state index contributed by atoms with van der Waals surface area (Å²) >= 11 is 0. The summed E-state index contributed by atoms with van der Waals surface area (Å²) in [4.78, 5) is 73.7. The Balaban J connectivity index is 0.000000511. The van der Waals surface area contributed by atoms with Crippen molar-refractivity contribution >= 4 is 62.1 Å².